The minimum atomic E-state index is 0.784. The molecule has 2 rings (SSSR count). The Kier molecular flexibility index (Phi) is 2.46. The van der Waals surface area contributed by atoms with Crippen LogP contribution in [0.5, 0.6) is 0 Å². The van der Waals surface area contributed by atoms with Gasteiger partial charge < -0.3 is 10.6 Å². The molecule has 15 heavy (non-hydrogen) atoms. The zero-order valence-corrected chi connectivity index (χ0v) is 9.07. The number of nitrogen functional groups attached to an aromatic ring is 1. The zero-order valence-electron chi connectivity index (χ0n) is 9.07. The van der Waals surface area contributed by atoms with Crippen molar-refractivity contribution in [1.82, 2.24) is 4.98 Å². The molecule has 2 aromatic rings. The highest BCUT2D eigenvalue weighted by Gasteiger charge is 2.07. The summed E-state index contributed by atoms with van der Waals surface area (Å²) in [4.78, 5) is 6.55. The van der Waals surface area contributed by atoms with Gasteiger partial charge in [-0.3, -0.25) is 4.98 Å². The first-order valence-electron chi connectivity index (χ1n) is 5.08. The van der Waals surface area contributed by atoms with Crippen LogP contribution in [0.2, 0.25) is 0 Å². The van der Waals surface area contributed by atoms with Crippen LogP contribution < -0.4 is 10.6 Å². The summed E-state index contributed by atoms with van der Waals surface area (Å²) in [6, 6.07) is 7.87. The minimum Gasteiger partial charge on any atom is -0.398 e. The average molecular weight is 201 g/mol. The van der Waals surface area contributed by atoms with Crippen LogP contribution in [0.25, 0.3) is 10.9 Å². The molecule has 0 spiro atoms. The van der Waals surface area contributed by atoms with Gasteiger partial charge in [-0.15, -0.1) is 0 Å². The lowest BCUT2D eigenvalue weighted by atomic mass is 10.1. The third-order valence-corrected chi connectivity index (χ3v) is 2.67. The second-order valence-electron chi connectivity index (χ2n) is 3.59. The third-order valence-electron chi connectivity index (χ3n) is 2.67. The molecule has 0 atom stereocenters. The molecule has 0 unspecified atom stereocenters. The molecule has 0 amide bonds. The summed E-state index contributed by atoms with van der Waals surface area (Å²) in [6.07, 6.45) is 1.80. The van der Waals surface area contributed by atoms with Crippen LogP contribution in [0.15, 0.2) is 30.5 Å². The SMILES string of the molecule is CCN(C)c1ccc(N)c2cccnc12. The minimum absolute atomic E-state index is 0.784. The van der Waals surface area contributed by atoms with E-state index in [9.17, 15) is 0 Å². The van der Waals surface area contributed by atoms with Crippen LogP contribution in [0, 0.1) is 0 Å². The van der Waals surface area contributed by atoms with Crippen molar-refractivity contribution in [3.05, 3.63) is 30.5 Å². The van der Waals surface area contributed by atoms with Gasteiger partial charge in [-0.05, 0) is 31.2 Å². The fourth-order valence-electron chi connectivity index (χ4n) is 1.66. The maximum absolute atomic E-state index is 5.91. The molecule has 0 bridgehead atoms. The van der Waals surface area contributed by atoms with Gasteiger partial charge in [0.2, 0.25) is 0 Å². The van der Waals surface area contributed by atoms with E-state index in [4.69, 9.17) is 5.73 Å². The summed E-state index contributed by atoms with van der Waals surface area (Å²) in [6.45, 7) is 3.07. The monoisotopic (exact) mass is 201 g/mol. The first kappa shape index (κ1) is 9.77. The van der Waals surface area contributed by atoms with Crippen LogP contribution in [-0.4, -0.2) is 18.6 Å². The summed E-state index contributed by atoms with van der Waals surface area (Å²) in [7, 11) is 2.06. The van der Waals surface area contributed by atoms with E-state index in [1.54, 1.807) is 6.20 Å². The van der Waals surface area contributed by atoms with Crippen molar-refractivity contribution in [1.29, 1.82) is 0 Å². The fourth-order valence-corrected chi connectivity index (χ4v) is 1.66. The molecule has 0 aliphatic heterocycles. The van der Waals surface area contributed by atoms with Crippen molar-refractivity contribution in [3.63, 3.8) is 0 Å². The van der Waals surface area contributed by atoms with E-state index in [0.717, 1.165) is 28.8 Å². The Morgan fingerprint density at radius 1 is 1.33 bits per heavy atom. The molecule has 0 aliphatic carbocycles. The maximum atomic E-state index is 5.91. The smallest absolute Gasteiger partial charge is 0.0955 e. The quantitative estimate of drug-likeness (QED) is 0.758. The topological polar surface area (TPSA) is 42.1 Å². The second-order valence-corrected chi connectivity index (χ2v) is 3.59. The number of aromatic nitrogens is 1. The first-order valence-corrected chi connectivity index (χ1v) is 5.08. The lowest BCUT2D eigenvalue weighted by molar-refractivity contribution is 0.971. The molecule has 3 heteroatoms. The number of hydrogen-bond donors (Lipinski definition) is 1. The van der Waals surface area contributed by atoms with E-state index < -0.39 is 0 Å². The highest BCUT2D eigenvalue weighted by atomic mass is 15.1. The summed E-state index contributed by atoms with van der Waals surface area (Å²) in [5, 5.41) is 1.02. The van der Waals surface area contributed by atoms with Crippen molar-refractivity contribution in [2.75, 3.05) is 24.2 Å². The summed E-state index contributed by atoms with van der Waals surface area (Å²) in [5.74, 6) is 0. The number of rotatable bonds is 2. The molecule has 1 aromatic carbocycles. The molecule has 0 radical (unpaired) electrons. The number of nitrogens with zero attached hydrogens (tertiary/aromatic N) is 2. The van der Waals surface area contributed by atoms with Crippen LogP contribution in [-0.2, 0) is 0 Å². The predicted molar refractivity (Wildman–Crippen MR) is 65.1 cm³/mol. The van der Waals surface area contributed by atoms with Crippen molar-refractivity contribution < 1.29 is 0 Å². The summed E-state index contributed by atoms with van der Waals surface area (Å²) < 4.78 is 0. The van der Waals surface area contributed by atoms with Gasteiger partial charge in [0.1, 0.15) is 0 Å². The molecule has 0 aliphatic rings. The van der Waals surface area contributed by atoms with Crippen LogP contribution in [0.4, 0.5) is 11.4 Å². The van der Waals surface area contributed by atoms with Crippen molar-refractivity contribution in [2.45, 2.75) is 6.92 Å². The van der Waals surface area contributed by atoms with Crippen molar-refractivity contribution in [2.24, 2.45) is 0 Å². The van der Waals surface area contributed by atoms with E-state index in [2.05, 4.69) is 23.9 Å². The number of benzene rings is 1. The summed E-state index contributed by atoms with van der Waals surface area (Å²) >= 11 is 0. The summed E-state index contributed by atoms with van der Waals surface area (Å²) in [5.41, 5.74) is 8.79. The van der Waals surface area contributed by atoms with E-state index >= 15 is 0 Å². The van der Waals surface area contributed by atoms with Gasteiger partial charge in [0.15, 0.2) is 0 Å². The Morgan fingerprint density at radius 3 is 2.87 bits per heavy atom. The number of fused-ring (bicyclic) bond motifs is 1. The van der Waals surface area contributed by atoms with Gasteiger partial charge in [-0.25, -0.2) is 0 Å². The maximum Gasteiger partial charge on any atom is 0.0955 e. The van der Waals surface area contributed by atoms with Gasteiger partial charge >= 0.3 is 0 Å². The van der Waals surface area contributed by atoms with Crippen LogP contribution >= 0.6 is 0 Å². The fraction of sp³-hybridized carbons (Fsp3) is 0.250. The molecule has 0 saturated heterocycles. The average Bonchev–Trinajstić information content (AvgIpc) is 2.29. The number of hydrogen-bond acceptors (Lipinski definition) is 3. The number of anilines is 2. The Balaban J connectivity index is 2.71. The molecule has 3 nitrogen and oxygen atoms in total. The first-order chi connectivity index (χ1) is 7.24. The molecule has 0 fully saturated rings. The highest BCUT2D eigenvalue weighted by Crippen LogP contribution is 2.28. The zero-order chi connectivity index (χ0) is 10.8. The molecule has 78 valence electrons. The van der Waals surface area contributed by atoms with Crippen molar-refractivity contribution in [3.8, 4) is 0 Å². The van der Waals surface area contributed by atoms with Gasteiger partial charge in [0.05, 0.1) is 11.2 Å². The van der Waals surface area contributed by atoms with Crippen molar-refractivity contribution >= 4 is 22.3 Å². The Labute approximate surface area is 89.5 Å². The molecule has 1 heterocycles. The normalized spacial score (nSPS) is 10.5. The standard InChI is InChI=1S/C12H15N3/c1-3-15(2)11-7-6-10(13)9-5-4-8-14-12(9)11/h4-8H,3,13H2,1-2H3. The van der Waals surface area contributed by atoms with Crippen LogP contribution in [0.1, 0.15) is 6.92 Å². The van der Waals surface area contributed by atoms with Gasteiger partial charge in [-0.1, -0.05) is 0 Å². The van der Waals surface area contributed by atoms with E-state index in [1.807, 2.05) is 24.3 Å². The molecule has 2 N–H and O–H groups in total. The van der Waals surface area contributed by atoms with Gasteiger partial charge in [0, 0.05) is 30.9 Å². The van der Waals surface area contributed by atoms with Crippen LogP contribution in [0.3, 0.4) is 0 Å². The molecule has 0 saturated carbocycles. The lowest BCUT2D eigenvalue weighted by Gasteiger charge is -2.18. The Bertz CT molecular complexity index is 479. The number of nitrogens with two attached hydrogens (primary N) is 1. The molecule has 1 aromatic heterocycles. The predicted octanol–water partition coefficient (Wildman–Crippen LogP) is 2.27. The van der Waals surface area contributed by atoms with E-state index in [-0.39, 0.29) is 0 Å². The molecular weight excluding hydrogens is 186 g/mol. The highest BCUT2D eigenvalue weighted by molar-refractivity contribution is 5.98. The lowest BCUT2D eigenvalue weighted by Crippen LogP contribution is -2.16. The largest absolute Gasteiger partial charge is 0.398 e. The van der Waals surface area contributed by atoms with Gasteiger partial charge in [-0.2, -0.15) is 0 Å². The third kappa shape index (κ3) is 1.61. The molecular formula is C12H15N3. The second kappa shape index (κ2) is 3.77. The van der Waals surface area contributed by atoms with E-state index in [0.29, 0.717) is 0 Å². The Morgan fingerprint density at radius 2 is 2.13 bits per heavy atom. The van der Waals surface area contributed by atoms with Gasteiger partial charge in [0.25, 0.3) is 0 Å². The number of pyridine rings is 1. The Hall–Kier alpha value is -1.77. The van der Waals surface area contributed by atoms with E-state index in [1.165, 1.54) is 0 Å².